The molecule has 206 valence electrons. The molecule has 3 aliphatic carbocycles. The molecule has 2 N–H and O–H groups in total. The van der Waals surface area contributed by atoms with Gasteiger partial charge in [-0.15, -0.1) is 6.58 Å². The molecule has 7 atom stereocenters. The lowest BCUT2D eigenvalue weighted by atomic mass is 9.30. The Morgan fingerprint density at radius 2 is 2.16 bits per heavy atom. The molecule has 2 aliphatic heterocycles. The topological polar surface area (TPSA) is 124 Å². The first-order valence-electron chi connectivity index (χ1n) is 13.2. The third-order valence-electron chi connectivity index (χ3n) is 9.08. The minimum atomic E-state index is -3.77. The molecule has 3 fully saturated rings. The normalized spacial score (nSPS) is 36.1. The molecule has 38 heavy (non-hydrogen) atoms. The third-order valence-corrected chi connectivity index (χ3v) is 11.0. The molecule has 0 radical (unpaired) electrons. The van der Waals surface area contributed by atoms with E-state index in [0.717, 1.165) is 24.1 Å². The van der Waals surface area contributed by atoms with Crippen molar-refractivity contribution in [1.29, 1.82) is 0 Å². The van der Waals surface area contributed by atoms with Crippen LogP contribution in [0, 0.1) is 5.41 Å². The molecule has 2 spiro atoms. The van der Waals surface area contributed by atoms with Crippen molar-refractivity contribution in [3.63, 3.8) is 0 Å². The third kappa shape index (κ3) is 3.01. The Morgan fingerprint density at radius 1 is 1.39 bits per heavy atom. The standard InChI is InChI=1S/C27H35N2O8P/c1-6-11-29-13-25-12-17-7-8-19(37-38(33,14-34-5)28-16(4)23(31)35-15(2)3)21-20(17)27(25)22(36-21)18(30)9-10-26(27,32)24(25)29/h6-8,15-16,22,24,32H,1,9-14H2,2-5H3,(H,28,33)/t16-,22-,24+,25?,26+,27?,38?/m0/s1. The fraction of sp³-hybridized carbons (Fsp3) is 0.630. The van der Waals surface area contributed by atoms with Gasteiger partial charge in [0, 0.05) is 43.6 Å². The van der Waals surface area contributed by atoms with Gasteiger partial charge in [0.2, 0.25) is 0 Å². The molecule has 11 heteroatoms. The average Bonchev–Trinajstić information content (AvgIpc) is 3.34. The summed E-state index contributed by atoms with van der Waals surface area (Å²) < 4.78 is 36.7. The van der Waals surface area contributed by atoms with Gasteiger partial charge in [0.25, 0.3) is 0 Å². The van der Waals surface area contributed by atoms with Crippen LogP contribution in [-0.4, -0.2) is 78.2 Å². The number of methoxy groups -OCH3 is 1. The summed E-state index contributed by atoms with van der Waals surface area (Å²) in [6.45, 7) is 10.3. The van der Waals surface area contributed by atoms with E-state index < -0.39 is 36.7 Å². The monoisotopic (exact) mass is 546 g/mol. The van der Waals surface area contributed by atoms with E-state index in [0.29, 0.717) is 18.7 Å². The van der Waals surface area contributed by atoms with Gasteiger partial charge in [-0.1, -0.05) is 12.1 Å². The number of rotatable bonds is 10. The van der Waals surface area contributed by atoms with Crippen LogP contribution in [0.25, 0.3) is 0 Å². The lowest BCUT2D eigenvalue weighted by Crippen LogP contribution is -2.96. The highest BCUT2D eigenvalue weighted by atomic mass is 31.2. The lowest BCUT2D eigenvalue weighted by Gasteiger charge is -2.81. The van der Waals surface area contributed by atoms with E-state index >= 15 is 0 Å². The van der Waals surface area contributed by atoms with Gasteiger partial charge in [0.05, 0.1) is 17.1 Å². The molecule has 3 unspecified atom stereocenters. The summed E-state index contributed by atoms with van der Waals surface area (Å²) in [5.41, 5.74) is -0.449. The van der Waals surface area contributed by atoms with Crippen molar-refractivity contribution in [3.8, 4) is 11.5 Å². The number of ketones is 1. The number of carbonyl (C=O) groups excluding carboxylic acids is 2. The van der Waals surface area contributed by atoms with Crippen LogP contribution in [0.5, 0.6) is 11.5 Å². The maximum Gasteiger partial charge on any atom is 0.342 e. The number of nitrogens with zero attached hydrogens (tertiary/aromatic N) is 1. The molecular weight excluding hydrogens is 511 g/mol. The molecule has 0 bridgehead atoms. The Labute approximate surface area is 222 Å². The minimum Gasteiger partial charge on any atom is -0.477 e. The van der Waals surface area contributed by atoms with Gasteiger partial charge in [-0.2, -0.15) is 0 Å². The van der Waals surface area contributed by atoms with Gasteiger partial charge >= 0.3 is 13.5 Å². The summed E-state index contributed by atoms with van der Waals surface area (Å²) in [5, 5.41) is 15.0. The summed E-state index contributed by atoms with van der Waals surface area (Å²) in [5.74, 6) is -0.0448. The number of likely N-dealkylation sites (tertiary alicyclic amines) is 1. The fourth-order valence-corrected chi connectivity index (χ4v) is 9.94. The smallest absolute Gasteiger partial charge is 0.342 e. The van der Waals surface area contributed by atoms with E-state index in [1.54, 1.807) is 26.8 Å². The first-order chi connectivity index (χ1) is 18.0. The minimum absolute atomic E-state index is 0.0343. The van der Waals surface area contributed by atoms with Crippen LogP contribution in [0.15, 0.2) is 24.8 Å². The second kappa shape index (κ2) is 8.38. The van der Waals surface area contributed by atoms with Crippen molar-refractivity contribution in [2.75, 3.05) is 26.5 Å². The molecule has 2 saturated carbocycles. The van der Waals surface area contributed by atoms with Gasteiger partial charge in [0.15, 0.2) is 23.4 Å². The largest absolute Gasteiger partial charge is 0.477 e. The summed E-state index contributed by atoms with van der Waals surface area (Å²) in [6, 6.07) is 2.62. The number of benzene rings is 1. The van der Waals surface area contributed by atoms with Crippen LogP contribution in [0.4, 0.5) is 0 Å². The first-order valence-corrected chi connectivity index (χ1v) is 15.0. The van der Waals surface area contributed by atoms with E-state index in [2.05, 4.69) is 16.6 Å². The molecule has 6 rings (SSSR count). The highest BCUT2D eigenvalue weighted by Crippen LogP contribution is 2.82. The number of fused-ring (bicyclic) bond motifs is 1. The molecule has 2 heterocycles. The van der Waals surface area contributed by atoms with Crippen molar-refractivity contribution in [2.24, 2.45) is 5.41 Å². The lowest BCUT2D eigenvalue weighted by molar-refractivity contribution is -0.352. The van der Waals surface area contributed by atoms with Crippen LogP contribution >= 0.6 is 7.52 Å². The van der Waals surface area contributed by atoms with Gasteiger partial charge in [0.1, 0.15) is 12.4 Å². The van der Waals surface area contributed by atoms with Crippen molar-refractivity contribution < 1.29 is 38.0 Å². The predicted octanol–water partition coefficient (Wildman–Crippen LogP) is 2.31. The van der Waals surface area contributed by atoms with Gasteiger partial charge < -0.3 is 23.8 Å². The second-order valence-corrected chi connectivity index (χ2v) is 13.6. The van der Waals surface area contributed by atoms with Crippen molar-refractivity contribution in [3.05, 3.63) is 35.9 Å². The Bertz CT molecular complexity index is 1280. The molecular formula is C27H35N2O8P. The van der Waals surface area contributed by atoms with Crippen LogP contribution in [0.1, 0.15) is 44.7 Å². The Balaban J connectivity index is 1.38. The van der Waals surface area contributed by atoms with E-state index in [4.69, 9.17) is 18.7 Å². The molecule has 1 aromatic rings. The van der Waals surface area contributed by atoms with Crippen LogP contribution in [0.3, 0.4) is 0 Å². The molecule has 1 saturated heterocycles. The molecule has 0 aromatic heterocycles. The zero-order valence-corrected chi connectivity index (χ0v) is 23.1. The second-order valence-electron chi connectivity index (χ2n) is 11.6. The molecule has 1 aromatic carbocycles. The zero-order chi connectivity index (χ0) is 27.3. The Hall–Kier alpha value is -2.23. The molecule has 5 aliphatic rings. The number of ether oxygens (including phenoxy) is 3. The predicted molar refractivity (Wildman–Crippen MR) is 137 cm³/mol. The van der Waals surface area contributed by atoms with Gasteiger partial charge in [-0.05, 0) is 45.2 Å². The number of hydrogen-bond donors (Lipinski definition) is 2. The van der Waals surface area contributed by atoms with Crippen LogP contribution < -0.4 is 14.3 Å². The summed E-state index contributed by atoms with van der Waals surface area (Å²) in [6.07, 6.45) is 1.73. The number of nitrogens with one attached hydrogen (secondary N) is 1. The van der Waals surface area contributed by atoms with E-state index in [1.165, 1.54) is 7.11 Å². The maximum absolute atomic E-state index is 13.9. The number of carbonyl (C=O) groups is 2. The number of aliphatic hydroxyl groups is 1. The van der Waals surface area contributed by atoms with Crippen molar-refractivity contribution in [1.82, 2.24) is 9.99 Å². The maximum atomic E-state index is 13.9. The fourth-order valence-electron chi connectivity index (χ4n) is 8.26. The Kier molecular flexibility index (Phi) is 5.74. The van der Waals surface area contributed by atoms with Gasteiger partial charge in [-0.3, -0.25) is 19.1 Å². The highest BCUT2D eigenvalue weighted by Gasteiger charge is 2.93. The van der Waals surface area contributed by atoms with Crippen LogP contribution in [-0.2, 0) is 35.5 Å². The van der Waals surface area contributed by atoms with E-state index in [-0.39, 0.29) is 41.9 Å². The number of hydrogen-bond acceptors (Lipinski definition) is 9. The number of Topliss-reactive ketones (excluding diaryl/α,β-unsaturated/α-hetero) is 1. The summed E-state index contributed by atoms with van der Waals surface area (Å²) in [4.78, 5) is 27.9. The molecule has 10 nitrogen and oxygen atoms in total. The van der Waals surface area contributed by atoms with Crippen molar-refractivity contribution >= 4 is 19.3 Å². The van der Waals surface area contributed by atoms with E-state index in [9.17, 15) is 19.3 Å². The average molecular weight is 547 g/mol. The number of piperidine rings is 1. The Morgan fingerprint density at radius 3 is 2.84 bits per heavy atom. The van der Waals surface area contributed by atoms with E-state index in [1.807, 2.05) is 12.1 Å². The molecule has 0 amide bonds. The first kappa shape index (κ1) is 26.0. The zero-order valence-electron chi connectivity index (χ0n) is 22.2. The summed E-state index contributed by atoms with van der Waals surface area (Å²) in [7, 11) is -2.38. The highest BCUT2D eigenvalue weighted by molar-refractivity contribution is 7.57. The van der Waals surface area contributed by atoms with Gasteiger partial charge in [-0.25, -0.2) is 5.09 Å². The van der Waals surface area contributed by atoms with Crippen LogP contribution in [0.2, 0.25) is 0 Å². The number of esters is 1. The summed E-state index contributed by atoms with van der Waals surface area (Å²) >= 11 is 0. The quantitative estimate of drug-likeness (QED) is 0.257. The SMILES string of the molecule is C=CCN1CC23Cc4ccc(OP(=O)(COC)N[C@@H](C)C(=O)OC(C)C)c5c4C24[C@@H](O5)C(=O)CC[C@@]4(O)[C@H]13. The van der Waals surface area contributed by atoms with Crippen molar-refractivity contribution in [2.45, 2.75) is 75.3 Å².